The summed E-state index contributed by atoms with van der Waals surface area (Å²) in [7, 11) is 0. The molecule has 74 valence electrons. The highest BCUT2D eigenvalue weighted by Crippen LogP contribution is 2.34. The van der Waals surface area contributed by atoms with E-state index in [-0.39, 0.29) is 5.03 Å². The van der Waals surface area contributed by atoms with Crippen molar-refractivity contribution in [2.24, 2.45) is 0 Å². The molecule has 0 fully saturated rings. The molecule has 0 saturated heterocycles. The number of hydrogen-bond donors (Lipinski definition) is 0. The normalized spacial score (nSPS) is 28.8. The smallest absolute Gasteiger partial charge is 0.250 e. The SMILES string of the molecule is FC(F)(F)OC1(F)C=C(Cl)C=CC1. The van der Waals surface area contributed by atoms with Gasteiger partial charge in [0.15, 0.2) is 0 Å². The van der Waals surface area contributed by atoms with E-state index in [0.29, 0.717) is 6.08 Å². The van der Waals surface area contributed by atoms with Gasteiger partial charge in [-0.3, -0.25) is 4.74 Å². The maximum atomic E-state index is 13.2. The van der Waals surface area contributed by atoms with Gasteiger partial charge < -0.3 is 0 Å². The Bertz CT molecular complexity index is 258. The summed E-state index contributed by atoms with van der Waals surface area (Å²) in [6, 6.07) is 0. The fourth-order valence-corrected chi connectivity index (χ4v) is 1.16. The lowest BCUT2D eigenvalue weighted by Gasteiger charge is -2.24. The number of ether oxygens (including phenoxy) is 1. The van der Waals surface area contributed by atoms with Crippen molar-refractivity contribution in [2.75, 3.05) is 0 Å². The van der Waals surface area contributed by atoms with Crippen molar-refractivity contribution in [2.45, 2.75) is 18.6 Å². The van der Waals surface area contributed by atoms with Crippen LogP contribution in [0.2, 0.25) is 0 Å². The summed E-state index contributed by atoms with van der Waals surface area (Å²) in [5.74, 6) is -2.87. The van der Waals surface area contributed by atoms with Crippen molar-refractivity contribution in [1.29, 1.82) is 0 Å². The van der Waals surface area contributed by atoms with Crippen LogP contribution < -0.4 is 0 Å². The van der Waals surface area contributed by atoms with Crippen LogP contribution in [0, 0.1) is 0 Å². The molecule has 0 aromatic carbocycles. The van der Waals surface area contributed by atoms with Gasteiger partial charge >= 0.3 is 6.36 Å². The average Bonchev–Trinajstić information content (AvgIpc) is 1.79. The number of hydrogen-bond acceptors (Lipinski definition) is 1. The van der Waals surface area contributed by atoms with Gasteiger partial charge in [-0.1, -0.05) is 17.7 Å². The summed E-state index contributed by atoms with van der Waals surface area (Å²) < 4.78 is 51.4. The first-order valence-corrected chi connectivity index (χ1v) is 3.69. The van der Waals surface area contributed by atoms with Crippen molar-refractivity contribution in [3.05, 3.63) is 23.3 Å². The summed E-state index contributed by atoms with van der Waals surface area (Å²) in [4.78, 5) is 0. The van der Waals surface area contributed by atoms with Gasteiger partial charge in [-0.15, -0.1) is 13.2 Å². The van der Waals surface area contributed by atoms with Gasteiger partial charge in [-0.25, -0.2) is 4.39 Å². The van der Waals surface area contributed by atoms with Crippen LogP contribution >= 0.6 is 11.6 Å². The van der Waals surface area contributed by atoms with Gasteiger partial charge in [0.2, 0.25) is 5.85 Å². The summed E-state index contributed by atoms with van der Waals surface area (Å²) in [5.41, 5.74) is 0. The third kappa shape index (κ3) is 3.36. The molecule has 0 saturated carbocycles. The molecule has 13 heavy (non-hydrogen) atoms. The molecule has 0 N–H and O–H groups in total. The second-order valence-corrected chi connectivity index (χ2v) is 2.91. The monoisotopic (exact) mass is 216 g/mol. The van der Waals surface area contributed by atoms with Crippen LogP contribution in [0.25, 0.3) is 0 Å². The van der Waals surface area contributed by atoms with Crippen LogP contribution in [0.4, 0.5) is 17.6 Å². The van der Waals surface area contributed by atoms with Crippen molar-refractivity contribution in [3.8, 4) is 0 Å². The Morgan fingerprint density at radius 3 is 2.54 bits per heavy atom. The first-order chi connectivity index (χ1) is 5.81. The Morgan fingerprint density at radius 1 is 1.46 bits per heavy atom. The molecule has 0 aromatic rings. The molecule has 0 amide bonds. The standard InChI is InChI=1S/C7H5ClF4O/c8-5-2-1-3-6(9,4-5)13-7(10,11)12/h1-2,4H,3H2. The third-order valence-corrected chi connectivity index (χ3v) is 1.55. The zero-order valence-electron chi connectivity index (χ0n) is 6.24. The van der Waals surface area contributed by atoms with Crippen LogP contribution in [-0.2, 0) is 4.74 Å². The molecule has 6 heteroatoms. The Labute approximate surface area is 76.6 Å². The number of halogens is 5. The summed E-state index contributed by atoms with van der Waals surface area (Å²) in [6.07, 6.45) is -2.44. The van der Waals surface area contributed by atoms with Gasteiger partial charge in [-0.2, -0.15) is 0 Å². The minimum absolute atomic E-state index is 0.113. The van der Waals surface area contributed by atoms with E-state index in [1.807, 2.05) is 0 Å². The fraction of sp³-hybridized carbons (Fsp3) is 0.429. The third-order valence-electron chi connectivity index (χ3n) is 1.31. The molecule has 0 spiro atoms. The van der Waals surface area contributed by atoms with Crippen molar-refractivity contribution in [3.63, 3.8) is 0 Å². The van der Waals surface area contributed by atoms with Gasteiger partial charge in [-0.05, 0) is 12.2 Å². The molecule has 0 bridgehead atoms. The topological polar surface area (TPSA) is 9.23 Å². The second-order valence-electron chi connectivity index (χ2n) is 2.47. The zero-order chi connectivity index (χ0) is 10.1. The zero-order valence-corrected chi connectivity index (χ0v) is 6.99. The maximum absolute atomic E-state index is 13.2. The quantitative estimate of drug-likeness (QED) is 0.612. The largest absolute Gasteiger partial charge is 0.525 e. The molecule has 1 aliphatic carbocycles. The Hall–Kier alpha value is -0.550. The van der Waals surface area contributed by atoms with Gasteiger partial charge in [0.05, 0.1) is 0 Å². The molecule has 0 radical (unpaired) electrons. The molecule has 1 aliphatic rings. The highest BCUT2D eigenvalue weighted by atomic mass is 35.5. The second kappa shape index (κ2) is 3.31. The minimum atomic E-state index is -5.01. The van der Waals surface area contributed by atoms with Crippen molar-refractivity contribution < 1.29 is 22.3 Å². The molecule has 1 nitrogen and oxygen atoms in total. The Balaban J connectivity index is 2.73. The van der Waals surface area contributed by atoms with E-state index < -0.39 is 18.6 Å². The van der Waals surface area contributed by atoms with Crippen LogP contribution in [0.3, 0.4) is 0 Å². The van der Waals surface area contributed by atoms with Crippen LogP contribution in [0.5, 0.6) is 0 Å². The number of rotatable bonds is 1. The predicted octanol–water partition coefficient (Wildman–Crippen LogP) is 3.27. The van der Waals surface area contributed by atoms with Crippen LogP contribution in [0.15, 0.2) is 23.3 Å². The van der Waals surface area contributed by atoms with E-state index in [0.717, 1.165) is 0 Å². The summed E-state index contributed by atoms with van der Waals surface area (Å²) in [6.45, 7) is 0. The average molecular weight is 217 g/mol. The lowest BCUT2D eigenvalue weighted by atomic mass is 10.1. The van der Waals surface area contributed by atoms with Gasteiger partial charge in [0.1, 0.15) is 0 Å². The Kier molecular flexibility index (Phi) is 2.68. The fourth-order valence-electron chi connectivity index (χ4n) is 0.909. The molecular formula is C7H5ClF4O. The molecule has 1 atom stereocenters. The first-order valence-electron chi connectivity index (χ1n) is 3.31. The molecule has 0 aromatic heterocycles. The minimum Gasteiger partial charge on any atom is -0.250 e. The van der Waals surface area contributed by atoms with E-state index in [2.05, 4.69) is 4.74 Å². The van der Waals surface area contributed by atoms with E-state index in [1.165, 1.54) is 12.2 Å². The van der Waals surface area contributed by atoms with Crippen LogP contribution in [0.1, 0.15) is 6.42 Å². The van der Waals surface area contributed by atoms with E-state index in [9.17, 15) is 17.6 Å². The first kappa shape index (κ1) is 10.5. The van der Waals surface area contributed by atoms with Gasteiger partial charge in [0.25, 0.3) is 0 Å². The Morgan fingerprint density at radius 2 is 2.08 bits per heavy atom. The number of allylic oxidation sites excluding steroid dienone is 2. The lowest BCUT2D eigenvalue weighted by molar-refractivity contribution is -0.380. The van der Waals surface area contributed by atoms with Crippen molar-refractivity contribution >= 4 is 11.6 Å². The molecule has 1 unspecified atom stereocenters. The van der Waals surface area contributed by atoms with Gasteiger partial charge in [0, 0.05) is 11.5 Å². The van der Waals surface area contributed by atoms with E-state index in [4.69, 9.17) is 11.6 Å². The van der Waals surface area contributed by atoms with E-state index in [1.54, 1.807) is 0 Å². The molecular weight excluding hydrogens is 212 g/mol. The highest BCUT2D eigenvalue weighted by molar-refractivity contribution is 6.31. The molecule has 0 heterocycles. The predicted molar refractivity (Wildman–Crippen MR) is 38.7 cm³/mol. The highest BCUT2D eigenvalue weighted by Gasteiger charge is 2.43. The molecule has 0 aliphatic heterocycles. The maximum Gasteiger partial charge on any atom is 0.525 e. The molecule has 1 rings (SSSR count). The summed E-state index contributed by atoms with van der Waals surface area (Å²) in [5, 5.41) is -0.113. The lowest BCUT2D eigenvalue weighted by Crippen LogP contribution is -2.32. The van der Waals surface area contributed by atoms with E-state index >= 15 is 0 Å². The summed E-state index contributed by atoms with van der Waals surface area (Å²) >= 11 is 5.32. The number of alkyl halides is 4. The van der Waals surface area contributed by atoms with Crippen molar-refractivity contribution in [1.82, 2.24) is 0 Å². The van der Waals surface area contributed by atoms with Crippen LogP contribution in [-0.4, -0.2) is 12.2 Å².